The summed E-state index contributed by atoms with van der Waals surface area (Å²) in [5, 5.41) is 7.67. The zero-order valence-corrected chi connectivity index (χ0v) is 19.0. The molecule has 31 heavy (non-hydrogen) atoms. The van der Waals surface area contributed by atoms with Gasteiger partial charge in [0.05, 0.1) is 0 Å². The molecule has 1 N–H and O–H groups in total. The Labute approximate surface area is 185 Å². The molecule has 3 aliphatic heterocycles. The molecule has 5 rings (SSSR count). The molecule has 1 unspecified atom stereocenters. The van der Waals surface area contributed by atoms with Crippen molar-refractivity contribution in [2.24, 2.45) is 0 Å². The molecule has 0 radical (unpaired) electrons. The van der Waals surface area contributed by atoms with E-state index >= 15 is 0 Å². The lowest BCUT2D eigenvalue weighted by molar-refractivity contribution is 0.0903. The Kier molecular flexibility index (Phi) is 6.03. The summed E-state index contributed by atoms with van der Waals surface area (Å²) in [5.74, 6) is 4.18. The molecule has 9 nitrogen and oxygen atoms in total. The summed E-state index contributed by atoms with van der Waals surface area (Å²) < 4.78 is 23.6. The van der Waals surface area contributed by atoms with Crippen LogP contribution in [0.4, 0.5) is 11.8 Å². The second-order valence-electron chi connectivity index (χ2n) is 8.89. The highest BCUT2D eigenvalue weighted by Crippen LogP contribution is 2.35. The lowest BCUT2D eigenvalue weighted by atomic mass is 9.97. The highest BCUT2D eigenvalue weighted by molar-refractivity contribution is 7.91. The number of hydrogen-bond acceptors (Lipinski definition) is 9. The van der Waals surface area contributed by atoms with E-state index in [0.717, 1.165) is 92.5 Å². The van der Waals surface area contributed by atoms with Gasteiger partial charge in [0.25, 0.3) is 0 Å². The molecule has 0 aliphatic carbocycles. The second-order valence-corrected chi connectivity index (χ2v) is 10.4. The number of anilines is 2. The quantitative estimate of drug-likeness (QED) is 0.693. The van der Waals surface area contributed by atoms with E-state index in [1.807, 2.05) is 0 Å². The topological polar surface area (TPSA) is 112 Å². The number of rotatable bonds is 5. The Morgan fingerprint density at radius 3 is 2.58 bits per heavy atom. The van der Waals surface area contributed by atoms with Gasteiger partial charge in [0.2, 0.25) is 16.7 Å². The van der Waals surface area contributed by atoms with Gasteiger partial charge in [0, 0.05) is 50.6 Å². The third-order valence-corrected chi connectivity index (χ3v) is 7.80. The minimum atomic E-state index is -1.02. The van der Waals surface area contributed by atoms with Crippen molar-refractivity contribution >= 4 is 22.9 Å². The van der Waals surface area contributed by atoms with Crippen molar-refractivity contribution in [1.29, 1.82) is 0 Å². The number of nitrogens with zero attached hydrogens (tertiary/aromatic N) is 5. The number of nitrogens with one attached hydrogen (secondary N) is 1. The molecule has 2 aromatic rings. The first-order valence-corrected chi connectivity index (χ1v) is 12.6. The fourth-order valence-corrected chi connectivity index (χ4v) is 5.75. The first-order chi connectivity index (χ1) is 15.1. The van der Waals surface area contributed by atoms with E-state index in [1.54, 1.807) is 0 Å². The number of fused-ring (bicyclic) bond motifs is 1. The van der Waals surface area contributed by atoms with Gasteiger partial charge in [-0.05, 0) is 36.9 Å². The number of ether oxygens (including phenoxy) is 1. The lowest BCUT2D eigenvalue weighted by Crippen LogP contribution is -2.35. The molecule has 0 amide bonds. The lowest BCUT2D eigenvalue weighted by Gasteiger charge is -2.31. The van der Waals surface area contributed by atoms with Crippen molar-refractivity contribution in [1.82, 2.24) is 20.1 Å². The SMILES string of the molecule is CC(C)c1noc(C2CCN(c3nc4c(c(NC5CCOCC5)n3)[S+]([O-])CC4)CC2)n1. The normalized spacial score (nSPS) is 22.8. The van der Waals surface area contributed by atoms with Crippen molar-refractivity contribution in [3.05, 3.63) is 17.4 Å². The Bertz CT molecular complexity index is 909. The first kappa shape index (κ1) is 21.0. The molecular formula is C21H30N6O3S. The number of aromatic nitrogens is 4. The van der Waals surface area contributed by atoms with E-state index in [0.29, 0.717) is 11.8 Å². The van der Waals surface area contributed by atoms with Gasteiger partial charge in [-0.1, -0.05) is 19.0 Å². The van der Waals surface area contributed by atoms with Gasteiger partial charge >= 0.3 is 0 Å². The maximum atomic E-state index is 12.6. The van der Waals surface area contributed by atoms with Gasteiger partial charge in [0.15, 0.2) is 11.6 Å². The Morgan fingerprint density at radius 2 is 1.87 bits per heavy atom. The van der Waals surface area contributed by atoms with Crippen LogP contribution >= 0.6 is 0 Å². The second kappa shape index (κ2) is 8.91. The Hall–Kier alpha value is -1.91. The van der Waals surface area contributed by atoms with Crippen molar-refractivity contribution in [3.8, 4) is 0 Å². The predicted molar refractivity (Wildman–Crippen MR) is 117 cm³/mol. The fourth-order valence-electron chi connectivity index (χ4n) is 4.43. The summed E-state index contributed by atoms with van der Waals surface area (Å²) in [4.78, 5) is 17.3. The van der Waals surface area contributed by atoms with Crippen LogP contribution in [-0.2, 0) is 22.3 Å². The van der Waals surface area contributed by atoms with Crippen LogP contribution in [0, 0.1) is 0 Å². The summed E-state index contributed by atoms with van der Waals surface area (Å²) in [6, 6.07) is 0.302. The van der Waals surface area contributed by atoms with Crippen LogP contribution in [0.25, 0.3) is 0 Å². The van der Waals surface area contributed by atoms with Crippen LogP contribution in [0.1, 0.15) is 68.8 Å². The van der Waals surface area contributed by atoms with Crippen LogP contribution in [0.5, 0.6) is 0 Å². The Morgan fingerprint density at radius 1 is 1.10 bits per heavy atom. The average Bonchev–Trinajstić information content (AvgIpc) is 3.42. The maximum Gasteiger partial charge on any atom is 0.229 e. The standard InChI is InChI=1S/C21H30N6O3S/c1-13(2)18-24-20(30-26-18)14-3-8-27(9-4-14)21-23-16-7-12-31(28)17(16)19(25-21)22-15-5-10-29-11-6-15/h13-15H,3-12H2,1-2H3,(H,22,23,25). The van der Waals surface area contributed by atoms with Gasteiger partial charge in [-0.3, -0.25) is 0 Å². The Balaban J connectivity index is 1.31. The largest absolute Gasteiger partial charge is 0.611 e. The third-order valence-electron chi connectivity index (χ3n) is 6.34. The summed E-state index contributed by atoms with van der Waals surface area (Å²) in [6.45, 7) is 7.32. The summed E-state index contributed by atoms with van der Waals surface area (Å²) >= 11 is -1.02. The molecule has 2 fully saturated rings. The zero-order chi connectivity index (χ0) is 21.4. The molecule has 0 spiro atoms. The van der Waals surface area contributed by atoms with Gasteiger partial charge in [-0.2, -0.15) is 9.97 Å². The first-order valence-electron chi connectivity index (χ1n) is 11.3. The smallest absolute Gasteiger partial charge is 0.229 e. The molecule has 0 aromatic carbocycles. The van der Waals surface area contributed by atoms with E-state index in [9.17, 15) is 4.55 Å². The van der Waals surface area contributed by atoms with Crippen LogP contribution in [-0.4, -0.2) is 62.8 Å². The van der Waals surface area contributed by atoms with E-state index < -0.39 is 11.2 Å². The number of aryl methyl sites for hydroxylation is 1. The number of piperidine rings is 1. The summed E-state index contributed by atoms with van der Waals surface area (Å²) in [5.41, 5.74) is 0.929. The molecule has 1 atom stereocenters. The zero-order valence-electron chi connectivity index (χ0n) is 18.2. The summed E-state index contributed by atoms with van der Waals surface area (Å²) in [7, 11) is 0. The molecule has 2 aromatic heterocycles. The highest BCUT2D eigenvalue weighted by Gasteiger charge is 2.35. The van der Waals surface area contributed by atoms with Crippen molar-refractivity contribution in [3.63, 3.8) is 0 Å². The van der Waals surface area contributed by atoms with Crippen LogP contribution in [0.2, 0.25) is 0 Å². The minimum Gasteiger partial charge on any atom is -0.611 e. The molecule has 10 heteroatoms. The molecule has 0 saturated carbocycles. The van der Waals surface area contributed by atoms with Crippen molar-refractivity contribution < 1.29 is 13.8 Å². The fraction of sp³-hybridized carbons (Fsp3) is 0.714. The minimum absolute atomic E-state index is 0.268. The predicted octanol–water partition coefficient (Wildman–Crippen LogP) is 2.62. The molecule has 168 valence electrons. The summed E-state index contributed by atoms with van der Waals surface area (Å²) in [6.07, 6.45) is 4.48. The van der Waals surface area contributed by atoms with Crippen molar-refractivity contribution in [2.45, 2.75) is 68.7 Å². The maximum absolute atomic E-state index is 12.6. The van der Waals surface area contributed by atoms with E-state index in [2.05, 4.69) is 34.2 Å². The van der Waals surface area contributed by atoms with Gasteiger partial charge in [-0.15, -0.1) is 0 Å². The van der Waals surface area contributed by atoms with Crippen LogP contribution in [0.3, 0.4) is 0 Å². The molecule has 0 bridgehead atoms. The molecule has 3 aliphatic rings. The molecule has 5 heterocycles. The van der Waals surface area contributed by atoms with E-state index in [1.165, 1.54) is 0 Å². The van der Waals surface area contributed by atoms with Crippen LogP contribution < -0.4 is 10.2 Å². The van der Waals surface area contributed by atoms with Crippen LogP contribution in [0.15, 0.2) is 9.42 Å². The number of hydrogen-bond donors (Lipinski definition) is 1. The monoisotopic (exact) mass is 446 g/mol. The third kappa shape index (κ3) is 4.38. The average molecular weight is 447 g/mol. The highest BCUT2D eigenvalue weighted by atomic mass is 32.2. The molecule has 2 saturated heterocycles. The van der Waals surface area contributed by atoms with Gasteiger partial charge in [-0.25, -0.2) is 4.98 Å². The van der Waals surface area contributed by atoms with E-state index in [-0.39, 0.29) is 11.8 Å². The van der Waals surface area contributed by atoms with Gasteiger partial charge in [0.1, 0.15) is 11.4 Å². The van der Waals surface area contributed by atoms with Gasteiger partial charge < -0.3 is 24.0 Å². The van der Waals surface area contributed by atoms with Crippen molar-refractivity contribution in [2.75, 3.05) is 42.3 Å². The molecular weight excluding hydrogens is 416 g/mol. The van der Waals surface area contributed by atoms with E-state index in [4.69, 9.17) is 19.2 Å².